The third-order valence-corrected chi connectivity index (χ3v) is 3.17. The van der Waals surface area contributed by atoms with Gasteiger partial charge in [0.2, 0.25) is 0 Å². The van der Waals surface area contributed by atoms with E-state index in [2.05, 4.69) is 9.47 Å². The highest BCUT2D eigenvalue weighted by Crippen LogP contribution is 2.27. The fourth-order valence-electron chi connectivity index (χ4n) is 1.99. The van der Waals surface area contributed by atoms with E-state index in [-0.39, 0.29) is 23.3 Å². The molecule has 2 rings (SSSR count). The zero-order valence-corrected chi connectivity index (χ0v) is 11.3. The molecule has 1 aromatic rings. The van der Waals surface area contributed by atoms with Crippen molar-refractivity contribution in [3.05, 3.63) is 29.3 Å². The summed E-state index contributed by atoms with van der Waals surface area (Å²) in [7, 11) is 2.47. The molecule has 0 radical (unpaired) electrons. The van der Waals surface area contributed by atoms with Crippen LogP contribution in [0, 0.1) is 0 Å². The van der Waals surface area contributed by atoms with Crippen LogP contribution in [0.4, 0.5) is 0 Å². The molecule has 6 heteroatoms. The van der Waals surface area contributed by atoms with Crippen LogP contribution in [0.1, 0.15) is 33.6 Å². The maximum absolute atomic E-state index is 11.7. The van der Waals surface area contributed by atoms with E-state index in [1.807, 2.05) is 0 Å². The topological polar surface area (TPSA) is 82.1 Å². The van der Waals surface area contributed by atoms with E-state index in [4.69, 9.17) is 4.74 Å². The van der Waals surface area contributed by atoms with Crippen molar-refractivity contribution < 1.29 is 28.9 Å². The molecule has 1 saturated carbocycles. The zero-order chi connectivity index (χ0) is 14.7. The minimum atomic E-state index is -0.635. The van der Waals surface area contributed by atoms with Gasteiger partial charge >= 0.3 is 11.9 Å². The number of methoxy groups -OCH3 is 2. The summed E-state index contributed by atoms with van der Waals surface area (Å²) in [6.07, 6.45) is 0.729. The predicted molar refractivity (Wildman–Crippen MR) is 68.8 cm³/mol. The zero-order valence-electron chi connectivity index (χ0n) is 11.3. The molecule has 20 heavy (non-hydrogen) atoms. The lowest BCUT2D eigenvalue weighted by Gasteiger charge is -2.31. The van der Waals surface area contributed by atoms with Crippen LogP contribution in [0.25, 0.3) is 0 Å². The molecule has 0 amide bonds. The quantitative estimate of drug-likeness (QED) is 0.833. The van der Waals surface area contributed by atoms with Crippen molar-refractivity contribution in [3.8, 4) is 5.75 Å². The van der Waals surface area contributed by atoms with Gasteiger partial charge in [-0.15, -0.1) is 0 Å². The van der Waals surface area contributed by atoms with Crippen LogP contribution in [0.3, 0.4) is 0 Å². The van der Waals surface area contributed by atoms with Gasteiger partial charge in [-0.2, -0.15) is 0 Å². The summed E-state index contributed by atoms with van der Waals surface area (Å²) < 4.78 is 14.9. The number of aliphatic hydroxyl groups excluding tert-OH is 1. The lowest BCUT2D eigenvalue weighted by Crippen LogP contribution is -2.37. The molecule has 0 saturated heterocycles. The molecule has 1 N–H and O–H groups in total. The average molecular weight is 280 g/mol. The summed E-state index contributed by atoms with van der Waals surface area (Å²) in [5.41, 5.74) is 0.220. The van der Waals surface area contributed by atoms with Gasteiger partial charge in [-0.3, -0.25) is 0 Å². The molecule has 0 aliphatic heterocycles. The summed E-state index contributed by atoms with van der Waals surface area (Å²) >= 11 is 0. The highest BCUT2D eigenvalue weighted by atomic mass is 16.5. The number of ether oxygens (including phenoxy) is 3. The SMILES string of the molecule is COC(=O)c1ccc(OC2CC(O)C2)cc1C(=O)OC. The number of carbonyl (C=O) groups is 2. The van der Waals surface area contributed by atoms with E-state index in [1.54, 1.807) is 6.07 Å². The van der Waals surface area contributed by atoms with Gasteiger partial charge in [-0.25, -0.2) is 9.59 Å². The Labute approximate surface area is 116 Å². The molecule has 6 nitrogen and oxygen atoms in total. The second kappa shape index (κ2) is 5.92. The van der Waals surface area contributed by atoms with Gasteiger partial charge < -0.3 is 19.3 Å². The molecule has 0 bridgehead atoms. The lowest BCUT2D eigenvalue weighted by atomic mass is 9.92. The predicted octanol–water partition coefficient (Wildman–Crippen LogP) is 1.16. The van der Waals surface area contributed by atoms with Crippen LogP contribution >= 0.6 is 0 Å². The molecule has 1 fully saturated rings. The molecule has 1 aliphatic rings. The first-order chi connectivity index (χ1) is 9.55. The molecule has 0 unspecified atom stereocenters. The number of hydrogen-bond donors (Lipinski definition) is 1. The molecule has 1 aliphatic carbocycles. The third kappa shape index (κ3) is 2.91. The minimum Gasteiger partial charge on any atom is -0.490 e. The molecular formula is C14H16O6. The Balaban J connectivity index is 2.23. The van der Waals surface area contributed by atoms with Gasteiger partial charge in [0, 0.05) is 12.8 Å². The van der Waals surface area contributed by atoms with Gasteiger partial charge in [0.15, 0.2) is 0 Å². The Morgan fingerprint density at radius 2 is 1.70 bits per heavy atom. The van der Waals surface area contributed by atoms with Crippen LogP contribution in [0.2, 0.25) is 0 Å². The Hall–Kier alpha value is -2.08. The number of hydrogen-bond acceptors (Lipinski definition) is 6. The van der Waals surface area contributed by atoms with E-state index < -0.39 is 11.9 Å². The number of esters is 2. The highest BCUT2D eigenvalue weighted by molar-refractivity contribution is 6.03. The lowest BCUT2D eigenvalue weighted by molar-refractivity contribution is -0.0108. The van der Waals surface area contributed by atoms with Crippen molar-refractivity contribution in [1.82, 2.24) is 0 Å². The minimum absolute atomic E-state index is 0.0699. The summed E-state index contributed by atoms with van der Waals surface area (Å²) in [4.78, 5) is 23.3. The van der Waals surface area contributed by atoms with Crippen LogP contribution < -0.4 is 4.74 Å². The van der Waals surface area contributed by atoms with Crippen molar-refractivity contribution >= 4 is 11.9 Å². The molecule has 0 atom stereocenters. The van der Waals surface area contributed by atoms with Crippen molar-refractivity contribution in [2.45, 2.75) is 25.0 Å². The molecule has 108 valence electrons. The van der Waals surface area contributed by atoms with E-state index >= 15 is 0 Å². The standard InChI is InChI=1S/C14H16O6/c1-18-13(16)11-4-3-9(7-12(11)14(17)19-2)20-10-5-8(15)6-10/h3-4,7-8,10,15H,5-6H2,1-2H3. The van der Waals surface area contributed by atoms with Crippen LogP contribution in [0.15, 0.2) is 18.2 Å². The van der Waals surface area contributed by atoms with Gasteiger partial charge in [0.1, 0.15) is 11.9 Å². The van der Waals surface area contributed by atoms with Crippen LogP contribution in [0.5, 0.6) is 5.75 Å². The Morgan fingerprint density at radius 1 is 1.10 bits per heavy atom. The van der Waals surface area contributed by atoms with Gasteiger partial charge in [0.25, 0.3) is 0 Å². The smallest absolute Gasteiger partial charge is 0.338 e. The largest absolute Gasteiger partial charge is 0.490 e. The number of aliphatic hydroxyl groups is 1. The molecular weight excluding hydrogens is 264 g/mol. The number of benzene rings is 1. The number of rotatable bonds is 4. The van der Waals surface area contributed by atoms with Gasteiger partial charge in [-0.05, 0) is 18.2 Å². The molecule has 0 heterocycles. The maximum Gasteiger partial charge on any atom is 0.338 e. The Bertz CT molecular complexity index is 518. The van der Waals surface area contributed by atoms with E-state index in [0.717, 1.165) is 0 Å². The molecule has 0 aromatic heterocycles. The van der Waals surface area contributed by atoms with E-state index in [9.17, 15) is 14.7 Å². The van der Waals surface area contributed by atoms with Crippen molar-refractivity contribution in [2.24, 2.45) is 0 Å². The van der Waals surface area contributed by atoms with Crippen molar-refractivity contribution in [1.29, 1.82) is 0 Å². The second-order valence-corrected chi connectivity index (χ2v) is 4.56. The van der Waals surface area contributed by atoms with E-state index in [1.165, 1.54) is 26.4 Å². The van der Waals surface area contributed by atoms with Crippen molar-refractivity contribution in [2.75, 3.05) is 14.2 Å². The van der Waals surface area contributed by atoms with E-state index in [0.29, 0.717) is 18.6 Å². The first-order valence-corrected chi connectivity index (χ1v) is 6.20. The fraction of sp³-hybridized carbons (Fsp3) is 0.429. The number of carbonyl (C=O) groups excluding carboxylic acids is 2. The Kier molecular flexibility index (Phi) is 4.24. The summed E-state index contributed by atoms with van der Waals surface area (Å²) in [6, 6.07) is 4.49. The summed E-state index contributed by atoms with van der Waals surface area (Å²) in [5.74, 6) is -0.796. The van der Waals surface area contributed by atoms with Crippen molar-refractivity contribution in [3.63, 3.8) is 0 Å². The van der Waals surface area contributed by atoms with Gasteiger partial charge in [-0.1, -0.05) is 0 Å². The van der Waals surface area contributed by atoms with Crippen LogP contribution in [-0.2, 0) is 9.47 Å². The maximum atomic E-state index is 11.7. The first-order valence-electron chi connectivity index (χ1n) is 6.20. The first kappa shape index (κ1) is 14.3. The fourth-order valence-corrected chi connectivity index (χ4v) is 1.99. The van der Waals surface area contributed by atoms with Crippen LogP contribution in [-0.4, -0.2) is 43.5 Å². The summed E-state index contributed by atoms with van der Waals surface area (Å²) in [5, 5.41) is 9.21. The van der Waals surface area contributed by atoms with Gasteiger partial charge in [0.05, 0.1) is 31.5 Å². The highest BCUT2D eigenvalue weighted by Gasteiger charge is 2.29. The summed E-state index contributed by atoms with van der Waals surface area (Å²) in [6.45, 7) is 0. The molecule has 1 aromatic carbocycles. The average Bonchev–Trinajstić information content (AvgIpc) is 2.43. The normalized spacial score (nSPS) is 20.8. The Morgan fingerprint density at radius 3 is 2.25 bits per heavy atom. The molecule has 0 spiro atoms. The third-order valence-electron chi connectivity index (χ3n) is 3.17. The monoisotopic (exact) mass is 280 g/mol. The second-order valence-electron chi connectivity index (χ2n) is 4.56.